The monoisotopic (exact) mass is 167 g/mol. The first-order chi connectivity index (χ1) is 5.77. The van der Waals surface area contributed by atoms with Crippen LogP contribution in [0, 0.1) is 6.92 Å². The van der Waals surface area contributed by atoms with Gasteiger partial charge in [0.1, 0.15) is 0 Å². The number of nitrogens with one attached hydrogen (secondary N) is 1. The lowest BCUT2D eigenvalue weighted by molar-refractivity contribution is 0.144. The van der Waals surface area contributed by atoms with Crippen LogP contribution in [-0.2, 0) is 0 Å². The molecule has 0 amide bonds. The van der Waals surface area contributed by atoms with Crippen molar-refractivity contribution >= 4 is 0 Å². The molecule has 0 bridgehead atoms. The van der Waals surface area contributed by atoms with Gasteiger partial charge in [0, 0.05) is 19.3 Å². The molecular weight excluding hydrogens is 154 g/mol. The Morgan fingerprint density at radius 1 is 1.67 bits per heavy atom. The lowest BCUT2D eigenvalue weighted by Gasteiger charge is -2.13. The third-order valence-electron chi connectivity index (χ3n) is 2.23. The van der Waals surface area contributed by atoms with Crippen LogP contribution in [0.15, 0.2) is 12.3 Å². The Morgan fingerprint density at radius 2 is 2.50 bits per heavy atom. The largest absolute Gasteiger partial charge is 0.390 e. The molecule has 1 aromatic heterocycles. The molecule has 0 unspecified atom stereocenters. The van der Waals surface area contributed by atoms with Crippen molar-refractivity contribution in [2.45, 2.75) is 19.1 Å². The number of nitrogens with zero attached hydrogens (tertiary/aromatic N) is 2. The molecule has 12 heavy (non-hydrogen) atoms. The van der Waals surface area contributed by atoms with Gasteiger partial charge in [-0.3, -0.25) is 4.68 Å². The van der Waals surface area contributed by atoms with Crippen molar-refractivity contribution < 1.29 is 5.11 Å². The van der Waals surface area contributed by atoms with Gasteiger partial charge in [0.25, 0.3) is 0 Å². The quantitative estimate of drug-likeness (QED) is 0.603. The smallest absolute Gasteiger partial charge is 0.0914 e. The minimum atomic E-state index is -0.302. The van der Waals surface area contributed by atoms with E-state index in [4.69, 9.17) is 0 Å². The van der Waals surface area contributed by atoms with E-state index in [1.165, 1.54) is 0 Å². The van der Waals surface area contributed by atoms with Crippen LogP contribution < -0.4 is 5.32 Å². The number of β-amino-alcohol motifs (C(OH)–C–C–N with tert-alkyl or cyclic N) is 1. The third-order valence-corrected chi connectivity index (χ3v) is 2.23. The summed E-state index contributed by atoms with van der Waals surface area (Å²) in [5.41, 5.74) is 0.995. The summed E-state index contributed by atoms with van der Waals surface area (Å²) in [7, 11) is 0. The highest BCUT2D eigenvalue weighted by molar-refractivity contribution is 4.98. The van der Waals surface area contributed by atoms with Crippen molar-refractivity contribution in [2.75, 3.05) is 13.1 Å². The fourth-order valence-corrected chi connectivity index (χ4v) is 1.54. The van der Waals surface area contributed by atoms with Crippen molar-refractivity contribution in [1.29, 1.82) is 0 Å². The first-order valence-corrected chi connectivity index (χ1v) is 4.18. The fraction of sp³-hybridized carbons (Fsp3) is 0.625. The third kappa shape index (κ3) is 1.23. The molecule has 1 aromatic rings. The Bertz CT molecular complexity index is 271. The molecule has 4 heteroatoms. The SMILES string of the molecule is Cc1ccn([C@@H]2CNC[C@H]2O)n1. The predicted octanol–water partition coefficient (Wildman–Crippen LogP) is -0.303. The Kier molecular flexibility index (Phi) is 1.86. The van der Waals surface area contributed by atoms with Gasteiger partial charge in [0.2, 0.25) is 0 Å². The van der Waals surface area contributed by atoms with Crippen LogP contribution >= 0.6 is 0 Å². The van der Waals surface area contributed by atoms with Crippen LogP contribution in [-0.4, -0.2) is 34.1 Å². The molecule has 2 heterocycles. The second kappa shape index (κ2) is 2.88. The molecule has 1 aliphatic heterocycles. The molecule has 2 rings (SSSR count). The molecule has 1 saturated heterocycles. The summed E-state index contributed by atoms with van der Waals surface area (Å²) in [5, 5.41) is 16.9. The highest BCUT2D eigenvalue weighted by atomic mass is 16.3. The van der Waals surface area contributed by atoms with E-state index < -0.39 is 0 Å². The highest BCUT2D eigenvalue weighted by Crippen LogP contribution is 2.14. The topological polar surface area (TPSA) is 50.1 Å². The zero-order valence-electron chi connectivity index (χ0n) is 7.07. The number of aliphatic hydroxyl groups excluding tert-OH is 1. The number of aliphatic hydroxyl groups is 1. The fourth-order valence-electron chi connectivity index (χ4n) is 1.54. The maximum absolute atomic E-state index is 9.53. The first kappa shape index (κ1) is 7.76. The van der Waals surface area contributed by atoms with Gasteiger partial charge in [0.15, 0.2) is 0 Å². The Balaban J connectivity index is 2.19. The summed E-state index contributed by atoms with van der Waals surface area (Å²) in [6.45, 7) is 3.43. The Labute approximate surface area is 71.2 Å². The van der Waals surface area contributed by atoms with E-state index >= 15 is 0 Å². The van der Waals surface area contributed by atoms with Gasteiger partial charge in [-0.05, 0) is 13.0 Å². The van der Waals surface area contributed by atoms with Crippen LogP contribution in [0.2, 0.25) is 0 Å². The normalized spacial score (nSPS) is 29.5. The van der Waals surface area contributed by atoms with Crippen molar-refractivity contribution in [3.8, 4) is 0 Å². The average molecular weight is 167 g/mol. The van der Waals surface area contributed by atoms with Crippen molar-refractivity contribution in [2.24, 2.45) is 0 Å². The molecule has 66 valence electrons. The van der Waals surface area contributed by atoms with E-state index in [2.05, 4.69) is 10.4 Å². The summed E-state index contributed by atoms with van der Waals surface area (Å²) in [6.07, 6.45) is 1.61. The van der Waals surface area contributed by atoms with Crippen LogP contribution in [0.3, 0.4) is 0 Å². The molecule has 2 N–H and O–H groups in total. The van der Waals surface area contributed by atoms with Crippen LogP contribution in [0.25, 0.3) is 0 Å². The standard InChI is InChI=1S/C8H13N3O/c1-6-2-3-11(10-6)7-4-9-5-8(7)12/h2-3,7-9,12H,4-5H2,1H3/t7-,8-/m1/s1. The molecule has 0 aliphatic carbocycles. The summed E-state index contributed by atoms with van der Waals surface area (Å²) in [6, 6.07) is 2.06. The average Bonchev–Trinajstić information content (AvgIpc) is 2.58. The van der Waals surface area contributed by atoms with Gasteiger partial charge in [-0.25, -0.2) is 0 Å². The second-order valence-corrected chi connectivity index (χ2v) is 3.23. The molecule has 0 radical (unpaired) electrons. The molecule has 0 spiro atoms. The number of hydrogen-bond acceptors (Lipinski definition) is 3. The Hall–Kier alpha value is -0.870. The van der Waals surface area contributed by atoms with E-state index in [-0.39, 0.29) is 12.1 Å². The van der Waals surface area contributed by atoms with E-state index in [9.17, 15) is 5.11 Å². The van der Waals surface area contributed by atoms with E-state index in [0.717, 1.165) is 12.2 Å². The summed E-state index contributed by atoms with van der Waals surface area (Å²) >= 11 is 0. The summed E-state index contributed by atoms with van der Waals surface area (Å²) in [5.74, 6) is 0. The lowest BCUT2D eigenvalue weighted by Crippen LogP contribution is -2.22. The number of aromatic nitrogens is 2. The van der Waals surface area contributed by atoms with E-state index in [0.29, 0.717) is 6.54 Å². The van der Waals surface area contributed by atoms with E-state index in [1.807, 2.05) is 23.9 Å². The van der Waals surface area contributed by atoms with Gasteiger partial charge in [-0.1, -0.05) is 0 Å². The second-order valence-electron chi connectivity index (χ2n) is 3.23. The van der Waals surface area contributed by atoms with Crippen LogP contribution in [0.5, 0.6) is 0 Å². The molecule has 0 saturated carbocycles. The first-order valence-electron chi connectivity index (χ1n) is 4.18. The molecule has 1 fully saturated rings. The predicted molar refractivity (Wildman–Crippen MR) is 44.9 cm³/mol. The van der Waals surface area contributed by atoms with Gasteiger partial charge < -0.3 is 10.4 Å². The molecule has 0 aromatic carbocycles. The molecule has 1 aliphatic rings. The zero-order valence-corrected chi connectivity index (χ0v) is 7.07. The molecular formula is C8H13N3O. The van der Waals surface area contributed by atoms with Gasteiger partial charge in [-0.15, -0.1) is 0 Å². The van der Waals surface area contributed by atoms with Crippen molar-refractivity contribution in [3.63, 3.8) is 0 Å². The molecule has 4 nitrogen and oxygen atoms in total. The van der Waals surface area contributed by atoms with Gasteiger partial charge in [-0.2, -0.15) is 5.10 Å². The maximum atomic E-state index is 9.53. The van der Waals surface area contributed by atoms with Gasteiger partial charge in [0.05, 0.1) is 17.8 Å². The molecule has 2 atom stereocenters. The zero-order chi connectivity index (χ0) is 8.55. The number of rotatable bonds is 1. The number of hydrogen-bond donors (Lipinski definition) is 2. The summed E-state index contributed by atoms with van der Waals surface area (Å²) < 4.78 is 1.83. The lowest BCUT2D eigenvalue weighted by atomic mass is 10.2. The minimum absolute atomic E-state index is 0.110. The van der Waals surface area contributed by atoms with E-state index in [1.54, 1.807) is 0 Å². The minimum Gasteiger partial charge on any atom is -0.390 e. The van der Waals surface area contributed by atoms with Crippen molar-refractivity contribution in [1.82, 2.24) is 15.1 Å². The summed E-state index contributed by atoms with van der Waals surface area (Å²) in [4.78, 5) is 0. The Morgan fingerprint density at radius 3 is 3.00 bits per heavy atom. The highest BCUT2D eigenvalue weighted by Gasteiger charge is 2.26. The van der Waals surface area contributed by atoms with Crippen LogP contribution in [0.4, 0.5) is 0 Å². The van der Waals surface area contributed by atoms with Crippen LogP contribution in [0.1, 0.15) is 11.7 Å². The maximum Gasteiger partial charge on any atom is 0.0914 e. The number of aryl methyl sites for hydroxylation is 1. The van der Waals surface area contributed by atoms with Gasteiger partial charge >= 0.3 is 0 Å². The van der Waals surface area contributed by atoms with Crippen molar-refractivity contribution in [3.05, 3.63) is 18.0 Å².